The number of amides is 1. The van der Waals surface area contributed by atoms with Crippen molar-refractivity contribution < 1.29 is 19.1 Å². The number of carboxylic acids is 1. The third-order valence-electron chi connectivity index (χ3n) is 3.83. The Morgan fingerprint density at radius 1 is 1.20 bits per heavy atom. The van der Waals surface area contributed by atoms with Crippen molar-refractivity contribution in [1.29, 1.82) is 0 Å². The summed E-state index contributed by atoms with van der Waals surface area (Å²) in [5, 5.41) is 11.8. The van der Waals surface area contributed by atoms with Crippen LogP contribution in [0.1, 0.15) is 31.2 Å². The van der Waals surface area contributed by atoms with Crippen molar-refractivity contribution in [1.82, 2.24) is 5.32 Å². The maximum Gasteiger partial charge on any atom is 0.307 e. The molecule has 2 N–H and O–H groups in total. The molecule has 0 saturated heterocycles. The van der Waals surface area contributed by atoms with Crippen molar-refractivity contribution in [2.45, 2.75) is 32.2 Å². The van der Waals surface area contributed by atoms with Gasteiger partial charge in [-0.1, -0.05) is 31.0 Å². The molecule has 1 aromatic carbocycles. The second-order valence-electron chi connectivity index (χ2n) is 5.14. The normalized spacial score (nSPS) is 22.2. The molecule has 2 atom stereocenters. The molecule has 4 nitrogen and oxygen atoms in total. The van der Waals surface area contributed by atoms with Gasteiger partial charge in [0.15, 0.2) is 0 Å². The van der Waals surface area contributed by atoms with Gasteiger partial charge in [0.05, 0.1) is 11.8 Å². The molecule has 20 heavy (non-hydrogen) atoms. The smallest absolute Gasteiger partial charge is 0.307 e. The highest BCUT2D eigenvalue weighted by molar-refractivity contribution is 5.84. The fourth-order valence-corrected chi connectivity index (χ4v) is 2.70. The molecule has 1 aliphatic rings. The van der Waals surface area contributed by atoms with Crippen molar-refractivity contribution in [3.8, 4) is 0 Å². The van der Waals surface area contributed by atoms with Crippen LogP contribution < -0.4 is 5.32 Å². The second kappa shape index (κ2) is 6.50. The summed E-state index contributed by atoms with van der Waals surface area (Å²) in [6.45, 7) is 0.0916. The fourth-order valence-electron chi connectivity index (χ4n) is 2.70. The Balaban J connectivity index is 1.97. The van der Waals surface area contributed by atoms with Gasteiger partial charge in [-0.25, -0.2) is 4.39 Å². The first kappa shape index (κ1) is 14.5. The number of carbonyl (C=O) groups excluding carboxylic acids is 1. The highest BCUT2D eigenvalue weighted by Gasteiger charge is 2.35. The van der Waals surface area contributed by atoms with E-state index < -0.39 is 17.8 Å². The van der Waals surface area contributed by atoms with Gasteiger partial charge in [-0.2, -0.15) is 0 Å². The highest BCUT2D eigenvalue weighted by Crippen LogP contribution is 2.30. The second-order valence-corrected chi connectivity index (χ2v) is 5.14. The molecule has 1 fully saturated rings. The number of carbonyl (C=O) groups is 2. The number of hydrogen-bond acceptors (Lipinski definition) is 2. The molecule has 1 aromatic rings. The van der Waals surface area contributed by atoms with Crippen LogP contribution in [-0.2, 0) is 16.1 Å². The third kappa shape index (κ3) is 3.35. The first-order valence-electron chi connectivity index (χ1n) is 6.83. The van der Waals surface area contributed by atoms with E-state index in [4.69, 9.17) is 5.11 Å². The monoisotopic (exact) mass is 279 g/mol. The predicted molar refractivity (Wildman–Crippen MR) is 71.3 cm³/mol. The first-order valence-corrected chi connectivity index (χ1v) is 6.83. The number of benzene rings is 1. The van der Waals surface area contributed by atoms with Crippen LogP contribution in [0.3, 0.4) is 0 Å². The van der Waals surface area contributed by atoms with Gasteiger partial charge in [0, 0.05) is 12.1 Å². The van der Waals surface area contributed by atoms with Gasteiger partial charge in [0.2, 0.25) is 5.91 Å². The Morgan fingerprint density at radius 2 is 1.85 bits per heavy atom. The summed E-state index contributed by atoms with van der Waals surface area (Å²) in [4.78, 5) is 23.3. The van der Waals surface area contributed by atoms with Crippen LogP contribution in [-0.4, -0.2) is 17.0 Å². The molecule has 2 rings (SSSR count). The summed E-state index contributed by atoms with van der Waals surface area (Å²) < 4.78 is 13.4. The average molecular weight is 279 g/mol. The molecule has 0 heterocycles. The largest absolute Gasteiger partial charge is 0.481 e. The lowest BCUT2D eigenvalue weighted by Gasteiger charge is -2.27. The van der Waals surface area contributed by atoms with E-state index in [0.717, 1.165) is 12.8 Å². The Morgan fingerprint density at radius 3 is 2.50 bits per heavy atom. The van der Waals surface area contributed by atoms with E-state index in [0.29, 0.717) is 18.4 Å². The van der Waals surface area contributed by atoms with Gasteiger partial charge in [-0.05, 0) is 18.9 Å². The molecular formula is C15H18FNO3. The maximum absolute atomic E-state index is 13.4. The number of carboxylic acid groups (broad SMARTS) is 1. The number of rotatable bonds is 4. The average Bonchev–Trinajstić information content (AvgIpc) is 2.46. The minimum Gasteiger partial charge on any atom is -0.481 e. The van der Waals surface area contributed by atoms with Gasteiger partial charge in [-0.3, -0.25) is 9.59 Å². The molecule has 0 radical (unpaired) electrons. The van der Waals surface area contributed by atoms with Crippen LogP contribution in [0.5, 0.6) is 0 Å². The molecule has 108 valence electrons. The van der Waals surface area contributed by atoms with Crippen LogP contribution in [0.4, 0.5) is 4.39 Å². The summed E-state index contributed by atoms with van der Waals surface area (Å²) in [5.74, 6) is -2.71. The van der Waals surface area contributed by atoms with Crippen LogP contribution in [0, 0.1) is 17.7 Å². The highest BCUT2D eigenvalue weighted by atomic mass is 19.1. The van der Waals surface area contributed by atoms with Crippen molar-refractivity contribution in [3.63, 3.8) is 0 Å². The number of nitrogens with one attached hydrogen (secondary N) is 1. The van der Waals surface area contributed by atoms with E-state index >= 15 is 0 Å². The van der Waals surface area contributed by atoms with Gasteiger partial charge in [0.25, 0.3) is 0 Å². The van der Waals surface area contributed by atoms with E-state index in [9.17, 15) is 14.0 Å². The fraction of sp³-hybridized carbons (Fsp3) is 0.467. The van der Waals surface area contributed by atoms with Crippen LogP contribution >= 0.6 is 0 Å². The van der Waals surface area contributed by atoms with E-state index in [1.165, 1.54) is 6.07 Å². The van der Waals surface area contributed by atoms with Gasteiger partial charge in [-0.15, -0.1) is 0 Å². The predicted octanol–water partition coefficient (Wildman–Crippen LogP) is 2.33. The van der Waals surface area contributed by atoms with Gasteiger partial charge >= 0.3 is 5.97 Å². The summed E-state index contributed by atoms with van der Waals surface area (Å²) in [5.41, 5.74) is 0.406. The van der Waals surface area contributed by atoms with Gasteiger partial charge in [0.1, 0.15) is 5.82 Å². The molecule has 0 spiro atoms. The Kier molecular flexibility index (Phi) is 4.71. The topological polar surface area (TPSA) is 66.4 Å². The van der Waals surface area contributed by atoms with Crippen molar-refractivity contribution in [2.24, 2.45) is 11.8 Å². The van der Waals surface area contributed by atoms with E-state index in [1.54, 1.807) is 18.2 Å². The van der Waals surface area contributed by atoms with E-state index in [2.05, 4.69) is 5.32 Å². The number of hydrogen-bond donors (Lipinski definition) is 2. The van der Waals surface area contributed by atoms with Crippen molar-refractivity contribution in [2.75, 3.05) is 0 Å². The summed E-state index contributed by atoms with van der Waals surface area (Å²) in [6, 6.07) is 6.22. The van der Waals surface area contributed by atoms with E-state index in [-0.39, 0.29) is 18.3 Å². The Labute approximate surface area is 117 Å². The summed E-state index contributed by atoms with van der Waals surface area (Å²) in [6.07, 6.45) is 2.82. The van der Waals surface area contributed by atoms with Crippen LogP contribution in [0.2, 0.25) is 0 Å². The molecule has 1 saturated carbocycles. The van der Waals surface area contributed by atoms with Gasteiger partial charge < -0.3 is 10.4 Å². The minimum atomic E-state index is -0.921. The Hall–Kier alpha value is -1.91. The third-order valence-corrected chi connectivity index (χ3v) is 3.83. The van der Waals surface area contributed by atoms with Crippen molar-refractivity contribution >= 4 is 11.9 Å². The molecular weight excluding hydrogens is 261 g/mol. The molecule has 0 bridgehead atoms. The lowest BCUT2D eigenvalue weighted by molar-refractivity contribution is -0.148. The van der Waals surface area contributed by atoms with E-state index in [1.807, 2.05) is 0 Å². The minimum absolute atomic E-state index is 0.0916. The van der Waals surface area contributed by atoms with Crippen LogP contribution in [0.25, 0.3) is 0 Å². The lowest BCUT2D eigenvalue weighted by Crippen LogP contribution is -2.39. The van der Waals surface area contributed by atoms with Crippen LogP contribution in [0.15, 0.2) is 24.3 Å². The zero-order valence-electron chi connectivity index (χ0n) is 11.1. The molecule has 5 heteroatoms. The lowest BCUT2D eigenvalue weighted by atomic mass is 9.78. The quantitative estimate of drug-likeness (QED) is 0.889. The molecule has 1 aliphatic carbocycles. The SMILES string of the molecule is O=C(O)[C@@H]1CCCC[C@H]1C(=O)NCc1ccccc1F. The maximum atomic E-state index is 13.4. The Bertz CT molecular complexity index is 504. The van der Waals surface area contributed by atoms with Crippen molar-refractivity contribution in [3.05, 3.63) is 35.6 Å². The summed E-state index contributed by atoms with van der Waals surface area (Å²) >= 11 is 0. The zero-order chi connectivity index (χ0) is 14.5. The number of halogens is 1. The molecule has 0 aliphatic heterocycles. The molecule has 0 unspecified atom stereocenters. The summed E-state index contributed by atoms with van der Waals surface area (Å²) in [7, 11) is 0. The first-order chi connectivity index (χ1) is 9.59. The molecule has 1 amide bonds. The zero-order valence-corrected chi connectivity index (χ0v) is 11.1. The standard InChI is InChI=1S/C15H18FNO3/c16-13-8-4-1-5-10(13)9-17-14(18)11-6-2-3-7-12(11)15(19)20/h1,4-5,8,11-12H,2-3,6-7,9H2,(H,17,18)(H,19,20)/t11-,12-/m1/s1. The molecule has 0 aromatic heterocycles. The number of aliphatic carboxylic acids is 1.